The molecule has 0 radical (unpaired) electrons. The fourth-order valence-corrected chi connectivity index (χ4v) is 2.80. The van der Waals surface area contributed by atoms with E-state index in [9.17, 15) is 13.6 Å². The van der Waals surface area contributed by atoms with Gasteiger partial charge in [-0.05, 0) is 30.7 Å². The molecule has 0 saturated heterocycles. The number of rotatable bonds is 2. The maximum atomic E-state index is 14.4. The van der Waals surface area contributed by atoms with Crippen molar-refractivity contribution >= 4 is 28.3 Å². The van der Waals surface area contributed by atoms with Gasteiger partial charge in [0.1, 0.15) is 0 Å². The van der Waals surface area contributed by atoms with Crippen LogP contribution in [0.4, 0.5) is 8.78 Å². The number of methoxy groups -OCH3 is 1. The number of benzene rings is 2. The van der Waals surface area contributed by atoms with Gasteiger partial charge in [0.2, 0.25) is 0 Å². The molecular formula is C18H12ClF2NO2. The van der Waals surface area contributed by atoms with Crippen molar-refractivity contribution in [1.82, 2.24) is 4.98 Å². The molecule has 0 aliphatic heterocycles. The van der Waals surface area contributed by atoms with Gasteiger partial charge in [0.05, 0.1) is 23.4 Å². The molecular weight excluding hydrogens is 336 g/mol. The number of hydrogen-bond acceptors (Lipinski definition) is 3. The third-order valence-corrected chi connectivity index (χ3v) is 4.10. The van der Waals surface area contributed by atoms with Crippen LogP contribution in [0.2, 0.25) is 5.02 Å². The zero-order valence-corrected chi connectivity index (χ0v) is 13.6. The van der Waals surface area contributed by atoms with E-state index in [-0.39, 0.29) is 16.8 Å². The number of aryl methyl sites for hydroxylation is 1. The lowest BCUT2D eigenvalue weighted by molar-refractivity contribution is 0.0601. The van der Waals surface area contributed by atoms with Gasteiger partial charge in [-0.15, -0.1) is 0 Å². The van der Waals surface area contributed by atoms with Gasteiger partial charge in [-0.1, -0.05) is 23.7 Å². The zero-order valence-electron chi connectivity index (χ0n) is 12.9. The Morgan fingerprint density at radius 3 is 2.62 bits per heavy atom. The molecule has 3 aromatic rings. The zero-order chi connectivity index (χ0) is 17.4. The Hall–Kier alpha value is -2.53. The fraction of sp³-hybridized carbons (Fsp3) is 0.111. The molecule has 0 amide bonds. The van der Waals surface area contributed by atoms with E-state index in [1.54, 1.807) is 19.1 Å². The fourth-order valence-electron chi connectivity index (χ4n) is 2.59. The first kappa shape index (κ1) is 16.3. The van der Waals surface area contributed by atoms with E-state index in [1.165, 1.54) is 25.4 Å². The molecule has 3 nitrogen and oxygen atoms in total. The number of carbonyl (C=O) groups excluding carboxylic acids is 1. The summed E-state index contributed by atoms with van der Waals surface area (Å²) < 4.78 is 32.7. The Labute approximate surface area is 141 Å². The van der Waals surface area contributed by atoms with Crippen molar-refractivity contribution in [3.63, 3.8) is 0 Å². The number of halogens is 3. The number of hydrogen-bond donors (Lipinski definition) is 0. The van der Waals surface area contributed by atoms with Gasteiger partial charge in [-0.2, -0.15) is 0 Å². The van der Waals surface area contributed by atoms with Crippen LogP contribution in [-0.2, 0) is 4.74 Å². The van der Waals surface area contributed by atoms with Crippen molar-refractivity contribution in [3.05, 3.63) is 64.3 Å². The Morgan fingerprint density at radius 1 is 1.17 bits per heavy atom. The minimum Gasteiger partial charge on any atom is -0.465 e. The average molecular weight is 348 g/mol. The molecule has 6 heteroatoms. The molecule has 0 fully saturated rings. The molecule has 0 bridgehead atoms. The smallest absolute Gasteiger partial charge is 0.337 e. The summed E-state index contributed by atoms with van der Waals surface area (Å²) in [5.41, 5.74) is 1.05. The molecule has 122 valence electrons. The first-order valence-electron chi connectivity index (χ1n) is 7.05. The first-order valence-corrected chi connectivity index (χ1v) is 7.43. The molecule has 0 atom stereocenters. The average Bonchev–Trinajstić information content (AvgIpc) is 2.59. The summed E-state index contributed by atoms with van der Waals surface area (Å²) in [6, 6.07) is 7.23. The molecule has 0 spiro atoms. The van der Waals surface area contributed by atoms with Crippen molar-refractivity contribution in [2.45, 2.75) is 6.92 Å². The maximum absolute atomic E-state index is 14.4. The number of pyridine rings is 1. The van der Waals surface area contributed by atoms with Crippen LogP contribution in [0.15, 0.2) is 36.5 Å². The molecule has 0 aliphatic rings. The molecule has 0 unspecified atom stereocenters. The van der Waals surface area contributed by atoms with Gasteiger partial charge < -0.3 is 4.74 Å². The van der Waals surface area contributed by atoms with Crippen molar-refractivity contribution in [2.24, 2.45) is 0 Å². The lowest BCUT2D eigenvalue weighted by Gasteiger charge is -2.12. The second-order valence-electron chi connectivity index (χ2n) is 5.26. The van der Waals surface area contributed by atoms with E-state index >= 15 is 0 Å². The molecule has 0 aliphatic carbocycles. The topological polar surface area (TPSA) is 39.2 Å². The van der Waals surface area contributed by atoms with Crippen LogP contribution < -0.4 is 0 Å². The largest absolute Gasteiger partial charge is 0.465 e. The monoisotopic (exact) mass is 347 g/mol. The van der Waals surface area contributed by atoms with Gasteiger partial charge in [0.25, 0.3) is 0 Å². The normalized spacial score (nSPS) is 10.9. The minimum absolute atomic E-state index is 0.0404. The first-order chi connectivity index (χ1) is 11.4. The Bertz CT molecular complexity index is 973. The van der Waals surface area contributed by atoms with E-state index in [0.29, 0.717) is 21.4 Å². The van der Waals surface area contributed by atoms with Crippen molar-refractivity contribution in [1.29, 1.82) is 0 Å². The molecule has 2 aromatic carbocycles. The van der Waals surface area contributed by atoms with Crippen LogP contribution in [0, 0.1) is 18.6 Å². The highest BCUT2D eigenvalue weighted by Crippen LogP contribution is 2.35. The third kappa shape index (κ3) is 2.61. The van der Waals surface area contributed by atoms with Crippen LogP contribution >= 0.6 is 11.6 Å². The maximum Gasteiger partial charge on any atom is 0.337 e. The number of nitrogens with zero attached hydrogens (tertiary/aromatic N) is 1. The third-order valence-electron chi connectivity index (χ3n) is 3.80. The summed E-state index contributed by atoms with van der Waals surface area (Å²) in [5, 5.41) is 1.37. The summed E-state index contributed by atoms with van der Waals surface area (Å²) in [6.45, 7) is 1.66. The molecule has 0 saturated carbocycles. The number of aromatic nitrogens is 1. The number of ether oxygens (including phenoxy) is 1. The van der Waals surface area contributed by atoms with Gasteiger partial charge in [0.15, 0.2) is 11.6 Å². The van der Waals surface area contributed by atoms with Crippen molar-refractivity contribution < 1.29 is 18.3 Å². The Balaban J connectivity index is 2.39. The van der Waals surface area contributed by atoms with Crippen LogP contribution in [-0.4, -0.2) is 18.1 Å². The SMILES string of the molecule is COC(=O)c1ccc2c(Cl)cnc(-c3c(C)ccc(F)c3F)c2c1. The molecule has 0 N–H and O–H groups in total. The minimum atomic E-state index is -0.991. The molecule has 24 heavy (non-hydrogen) atoms. The summed E-state index contributed by atoms with van der Waals surface area (Å²) in [5.74, 6) is -2.50. The molecule has 1 aromatic heterocycles. The lowest BCUT2D eigenvalue weighted by Crippen LogP contribution is -2.02. The summed E-state index contributed by atoms with van der Waals surface area (Å²) >= 11 is 6.15. The second-order valence-corrected chi connectivity index (χ2v) is 5.67. The van der Waals surface area contributed by atoms with Gasteiger partial charge in [-0.3, -0.25) is 4.98 Å². The highest BCUT2D eigenvalue weighted by atomic mass is 35.5. The van der Waals surface area contributed by atoms with Crippen LogP contribution in [0.25, 0.3) is 22.0 Å². The summed E-state index contributed by atoms with van der Waals surface area (Å²) in [7, 11) is 1.26. The number of fused-ring (bicyclic) bond motifs is 1. The predicted molar refractivity (Wildman–Crippen MR) is 88.2 cm³/mol. The van der Waals surface area contributed by atoms with Crippen molar-refractivity contribution in [2.75, 3.05) is 7.11 Å². The van der Waals surface area contributed by atoms with Crippen LogP contribution in [0.5, 0.6) is 0 Å². The van der Waals surface area contributed by atoms with E-state index in [4.69, 9.17) is 16.3 Å². The quantitative estimate of drug-likeness (QED) is 0.617. The number of carbonyl (C=O) groups is 1. The second kappa shape index (κ2) is 6.17. The summed E-state index contributed by atoms with van der Waals surface area (Å²) in [4.78, 5) is 15.9. The Morgan fingerprint density at radius 2 is 1.92 bits per heavy atom. The van der Waals surface area contributed by atoms with Crippen molar-refractivity contribution in [3.8, 4) is 11.3 Å². The summed E-state index contributed by atoms with van der Waals surface area (Å²) in [6.07, 6.45) is 1.38. The standard InChI is InChI=1S/C18H12ClF2NO2/c1-9-3-6-14(20)16(21)15(9)17-12-7-10(18(23)24-2)4-5-11(12)13(19)8-22-17/h3-8H,1-2H3. The predicted octanol–water partition coefficient (Wildman–Crippen LogP) is 4.93. The number of esters is 1. The van der Waals surface area contributed by atoms with Gasteiger partial charge in [0, 0.05) is 22.5 Å². The Kier molecular flexibility index (Phi) is 4.20. The van der Waals surface area contributed by atoms with Crippen LogP contribution in [0.3, 0.4) is 0 Å². The van der Waals surface area contributed by atoms with E-state index in [1.807, 2.05) is 0 Å². The highest BCUT2D eigenvalue weighted by Gasteiger charge is 2.19. The van der Waals surface area contributed by atoms with E-state index in [0.717, 1.165) is 6.07 Å². The van der Waals surface area contributed by atoms with Crippen LogP contribution in [0.1, 0.15) is 15.9 Å². The van der Waals surface area contributed by atoms with Gasteiger partial charge in [-0.25, -0.2) is 13.6 Å². The van der Waals surface area contributed by atoms with E-state index < -0.39 is 17.6 Å². The lowest BCUT2D eigenvalue weighted by atomic mass is 9.98. The molecule has 3 rings (SSSR count). The van der Waals surface area contributed by atoms with Gasteiger partial charge >= 0.3 is 5.97 Å². The molecule has 1 heterocycles. The van der Waals surface area contributed by atoms with E-state index in [2.05, 4.69) is 4.98 Å². The highest BCUT2D eigenvalue weighted by molar-refractivity contribution is 6.35.